The van der Waals surface area contributed by atoms with Crippen molar-refractivity contribution in [1.29, 1.82) is 0 Å². The van der Waals surface area contributed by atoms with Crippen LogP contribution in [0.15, 0.2) is 59.8 Å². The molecule has 1 fully saturated rings. The Morgan fingerprint density at radius 2 is 1.78 bits per heavy atom. The number of hydrogen-bond acceptors (Lipinski definition) is 3. The molecular formula is C21H21Cl3N2S. The smallest absolute Gasteiger partial charge is 0.0548 e. The molecule has 1 saturated heterocycles. The number of hydrogen-bond donors (Lipinski definition) is 0. The summed E-state index contributed by atoms with van der Waals surface area (Å²) in [6.45, 7) is 3.12. The van der Waals surface area contributed by atoms with Gasteiger partial charge in [-0.2, -0.15) is 0 Å². The maximum Gasteiger partial charge on any atom is 0.0548 e. The lowest BCUT2D eigenvalue weighted by Crippen LogP contribution is -2.34. The van der Waals surface area contributed by atoms with Crippen molar-refractivity contribution in [1.82, 2.24) is 9.88 Å². The van der Waals surface area contributed by atoms with E-state index < -0.39 is 0 Å². The lowest BCUT2D eigenvalue weighted by Gasteiger charge is -2.32. The van der Waals surface area contributed by atoms with E-state index in [1.165, 1.54) is 28.7 Å². The Morgan fingerprint density at radius 3 is 2.56 bits per heavy atom. The molecule has 0 radical (unpaired) electrons. The minimum atomic E-state index is 0. The molecule has 2 heterocycles. The molecule has 4 rings (SSSR count). The Morgan fingerprint density at radius 1 is 1.00 bits per heavy atom. The molecule has 0 atom stereocenters. The maximum absolute atomic E-state index is 6.50. The van der Waals surface area contributed by atoms with E-state index in [0.717, 1.165) is 35.1 Å². The van der Waals surface area contributed by atoms with Crippen molar-refractivity contribution in [3.05, 3.63) is 70.5 Å². The summed E-state index contributed by atoms with van der Waals surface area (Å²) in [5.74, 6) is 0. The van der Waals surface area contributed by atoms with Crippen molar-refractivity contribution < 1.29 is 0 Å². The van der Waals surface area contributed by atoms with Crippen LogP contribution in [-0.4, -0.2) is 28.2 Å². The molecule has 2 nitrogen and oxygen atoms in total. The topological polar surface area (TPSA) is 16.1 Å². The number of nitrogens with zero attached hydrogens (tertiary/aromatic N) is 2. The van der Waals surface area contributed by atoms with Crippen molar-refractivity contribution in [3.63, 3.8) is 0 Å². The molecule has 27 heavy (non-hydrogen) atoms. The Hall–Kier alpha value is -0.970. The molecule has 0 amide bonds. The van der Waals surface area contributed by atoms with Gasteiger partial charge in [0.2, 0.25) is 0 Å². The SMILES string of the molecule is Cl.Clc1ccccc1CN1CCC(Sc2cc3ccncc3cc2Cl)CC1. The molecule has 1 aromatic heterocycles. The van der Waals surface area contributed by atoms with Crippen LogP contribution in [-0.2, 0) is 6.54 Å². The molecule has 3 aromatic rings. The van der Waals surface area contributed by atoms with Gasteiger partial charge in [-0.05, 0) is 61.1 Å². The molecule has 6 heteroatoms. The van der Waals surface area contributed by atoms with Crippen LogP contribution >= 0.6 is 47.4 Å². The quantitative estimate of drug-likeness (QED) is 0.449. The first-order valence-electron chi connectivity index (χ1n) is 8.85. The van der Waals surface area contributed by atoms with E-state index in [0.29, 0.717) is 5.25 Å². The van der Waals surface area contributed by atoms with Gasteiger partial charge in [-0.1, -0.05) is 41.4 Å². The van der Waals surface area contributed by atoms with Crippen LogP contribution < -0.4 is 0 Å². The largest absolute Gasteiger partial charge is 0.299 e. The van der Waals surface area contributed by atoms with Gasteiger partial charge in [0.1, 0.15) is 0 Å². The summed E-state index contributed by atoms with van der Waals surface area (Å²) < 4.78 is 0. The van der Waals surface area contributed by atoms with Crippen LogP contribution in [0.1, 0.15) is 18.4 Å². The number of thioether (sulfide) groups is 1. The predicted octanol–water partition coefficient (Wildman–Crippen LogP) is 6.72. The van der Waals surface area contributed by atoms with E-state index in [-0.39, 0.29) is 12.4 Å². The summed E-state index contributed by atoms with van der Waals surface area (Å²) in [6.07, 6.45) is 6.03. The second-order valence-corrected chi connectivity index (χ2v) is 8.85. The molecule has 0 bridgehead atoms. The summed E-state index contributed by atoms with van der Waals surface area (Å²) in [5.41, 5.74) is 1.21. The summed E-state index contributed by atoms with van der Waals surface area (Å²) in [5, 5.41) is 4.59. The standard InChI is InChI=1S/C21H20Cl2N2S.ClH/c22-19-4-2-1-3-16(19)14-25-9-6-18(7-10-25)26-21-12-15-5-8-24-13-17(15)11-20(21)23;/h1-5,8,11-13,18H,6-7,9-10,14H2;1H. The highest BCUT2D eigenvalue weighted by Crippen LogP contribution is 2.37. The first-order valence-corrected chi connectivity index (χ1v) is 10.5. The van der Waals surface area contributed by atoms with Gasteiger partial charge in [-0.15, -0.1) is 24.2 Å². The third-order valence-electron chi connectivity index (χ3n) is 4.87. The summed E-state index contributed by atoms with van der Waals surface area (Å²) >= 11 is 14.7. The van der Waals surface area contributed by atoms with Crippen LogP contribution in [0.5, 0.6) is 0 Å². The van der Waals surface area contributed by atoms with Crippen LogP contribution in [0.3, 0.4) is 0 Å². The van der Waals surface area contributed by atoms with Gasteiger partial charge in [0.05, 0.1) is 5.02 Å². The number of aromatic nitrogens is 1. The minimum Gasteiger partial charge on any atom is -0.299 e. The number of pyridine rings is 1. The average Bonchev–Trinajstić information content (AvgIpc) is 2.66. The van der Waals surface area contributed by atoms with E-state index in [1.54, 1.807) is 0 Å². The third kappa shape index (κ3) is 5.10. The number of rotatable bonds is 4. The van der Waals surface area contributed by atoms with Gasteiger partial charge in [0, 0.05) is 39.5 Å². The van der Waals surface area contributed by atoms with Gasteiger partial charge >= 0.3 is 0 Å². The van der Waals surface area contributed by atoms with Crippen LogP contribution in [0.4, 0.5) is 0 Å². The van der Waals surface area contributed by atoms with E-state index in [4.69, 9.17) is 23.2 Å². The molecular weight excluding hydrogens is 419 g/mol. The Kier molecular flexibility index (Phi) is 7.29. The van der Waals surface area contributed by atoms with Gasteiger partial charge in [0.25, 0.3) is 0 Å². The summed E-state index contributed by atoms with van der Waals surface area (Å²) in [7, 11) is 0. The number of fused-ring (bicyclic) bond motifs is 1. The number of likely N-dealkylation sites (tertiary alicyclic amines) is 1. The summed E-state index contributed by atoms with van der Waals surface area (Å²) in [4.78, 5) is 7.84. The van der Waals surface area contributed by atoms with Crippen molar-refractivity contribution in [2.45, 2.75) is 29.5 Å². The van der Waals surface area contributed by atoms with Gasteiger partial charge in [0.15, 0.2) is 0 Å². The van der Waals surface area contributed by atoms with Crippen LogP contribution in [0.2, 0.25) is 10.0 Å². The second kappa shape index (κ2) is 9.49. The van der Waals surface area contributed by atoms with E-state index in [2.05, 4.69) is 28.1 Å². The fraction of sp³-hybridized carbons (Fsp3) is 0.286. The predicted molar refractivity (Wildman–Crippen MR) is 120 cm³/mol. The van der Waals surface area contributed by atoms with Crippen molar-refractivity contribution >= 4 is 58.1 Å². The lowest BCUT2D eigenvalue weighted by atomic mass is 10.1. The van der Waals surface area contributed by atoms with Crippen molar-refractivity contribution in [3.8, 4) is 0 Å². The van der Waals surface area contributed by atoms with Gasteiger partial charge in [-0.3, -0.25) is 9.88 Å². The second-order valence-electron chi connectivity index (χ2n) is 6.69. The minimum absolute atomic E-state index is 0. The van der Waals surface area contributed by atoms with E-state index in [9.17, 15) is 0 Å². The van der Waals surface area contributed by atoms with E-state index >= 15 is 0 Å². The highest BCUT2D eigenvalue weighted by atomic mass is 35.5. The number of benzene rings is 2. The Labute approximate surface area is 180 Å². The molecule has 0 unspecified atom stereocenters. The fourth-order valence-electron chi connectivity index (χ4n) is 3.41. The molecule has 0 spiro atoms. The van der Waals surface area contributed by atoms with E-state index in [1.807, 2.05) is 48.4 Å². The normalized spacial score (nSPS) is 15.6. The third-order valence-corrected chi connectivity index (χ3v) is 7.06. The molecule has 1 aliphatic rings. The summed E-state index contributed by atoms with van der Waals surface area (Å²) in [6, 6.07) is 14.4. The molecule has 0 N–H and O–H groups in total. The maximum atomic E-state index is 6.50. The zero-order valence-corrected chi connectivity index (χ0v) is 17.9. The number of halogens is 3. The molecule has 1 aliphatic heterocycles. The van der Waals surface area contributed by atoms with Crippen molar-refractivity contribution in [2.24, 2.45) is 0 Å². The first-order chi connectivity index (χ1) is 12.7. The lowest BCUT2D eigenvalue weighted by molar-refractivity contribution is 0.225. The Bertz CT molecular complexity index is 911. The first kappa shape index (κ1) is 20.8. The van der Waals surface area contributed by atoms with Crippen LogP contribution in [0.25, 0.3) is 10.8 Å². The zero-order chi connectivity index (χ0) is 17.9. The number of piperidine rings is 1. The molecule has 142 valence electrons. The Balaban J connectivity index is 0.00000210. The zero-order valence-electron chi connectivity index (χ0n) is 14.8. The monoisotopic (exact) mass is 438 g/mol. The van der Waals surface area contributed by atoms with Gasteiger partial charge in [-0.25, -0.2) is 0 Å². The molecule has 0 aliphatic carbocycles. The molecule has 2 aromatic carbocycles. The van der Waals surface area contributed by atoms with Crippen LogP contribution in [0, 0.1) is 0 Å². The average molecular weight is 440 g/mol. The highest BCUT2D eigenvalue weighted by molar-refractivity contribution is 8.00. The van der Waals surface area contributed by atoms with Gasteiger partial charge < -0.3 is 0 Å². The fourth-order valence-corrected chi connectivity index (χ4v) is 5.08. The van der Waals surface area contributed by atoms with Crippen molar-refractivity contribution in [2.75, 3.05) is 13.1 Å². The highest BCUT2D eigenvalue weighted by Gasteiger charge is 2.21. The molecule has 0 saturated carbocycles.